The Kier molecular flexibility index (Phi) is 2.17. The minimum absolute atomic E-state index is 0.359. The summed E-state index contributed by atoms with van der Waals surface area (Å²) in [5.74, 6) is 0.430. The highest BCUT2D eigenvalue weighted by Crippen LogP contribution is 2.40. The van der Waals surface area contributed by atoms with Crippen molar-refractivity contribution in [3.63, 3.8) is 0 Å². The lowest BCUT2D eigenvalue weighted by Gasteiger charge is -2.25. The summed E-state index contributed by atoms with van der Waals surface area (Å²) in [6.07, 6.45) is 3.39. The van der Waals surface area contributed by atoms with E-state index >= 15 is 0 Å². The highest BCUT2D eigenvalue weighted by atomic mass is 32.2. The largest absolute Gasteiger partial charge is 0.247 e. The van der Waals surface area contributed by atoms with E-state index in [-0.39, 0.29) is 0 Å². The molecule has 0 radical (unpaired) electrons. The predicted molar refractivity (Wildman–Crippen MR) is 52.3 cm³/mol. The molecule has 2 N–H and O–H groups in total. The van der Waals surface area contributed by atoms with Gasteiger partial charge in [0.2, 0.25) is 10.0 Å². The van der Waals surface area contributed by atoms with Crippen LogP contribution in [0.5, 0.6) is 0 Å². The molecule has 0 atom stereocenters. The van der Waals surface area contributed by atoms with Crippen molar-refractivity contribution in [1.82, 2.24) is 0 Å². The minimum atomic E-state index is -3.49. The van der Waals surface area contributed by atoms with E-state index < -0.39 is 10.0 Å². The van der Waals surface area contributed by atoms with Gasteiger partial charge in [0, 0.05) is 0 Å². The maximum atomic E-state index is 11.1. The number of nitrogens with two attached hydrogens (primary N) is 1. The average Bonchev–Trinajstić information content (AvgIpc) is 2.29. The van der Waals surface area contributed by atoms with Crippen molar-refractivity contribution >= 4 is 21.4 Å². The second-order valence-electron chi connectivity index (χ2n) is 3.34. The topological polar surface area (TPSA) is 60.2 Å². The van der Waals surface area contributed by atoms with Crippen molar-refractivity contribution in [2.75, 3.05) is 0 Å². The number of rotatable bonds is 2. The van der Waals surface area contributed by atoms with Gasteiger partial charge in [0.1, 0.15) is 4.21 Å². The van der Waals surface area contributed by atoms with Crippen LogP contribution in [0.1, 0.15) is 30.7 Å². The van der Waals surface area contributed by atoms with E-state index in [1.165, 1.54) is 17.8 Å². The second-order valence-corrected chi connectivity index (χ2v) is 6.01. The van der Waals surface area contributed by atoms with E-state index in [2.05, 4.69) is 0 Å². The maximum absolute atomic E-state index is 11.1. The Balaban J connectivity index is 2.41. The van der Waals surface area contributed by atoms with E-state index in [0.717, 1.165) is 18.4 Å². The molecule has 1 heterocycles. The summed E-state index contributed by atoms with van der Waals surface area (Å²) in [7, 11) is -3.49. The van der Waals surface area contributed by atoms with Gasteiger partial charge < -0.3 is 0 Å². The zero-order valence-corrected chi connectivity index (χ0v) is 8.70. The summed E-state index contributed by atoms with van der Waals surface area (Å²) >= 11 is 1.22. The quantitative estimate of drug-likeness (QED) is 0.819. The normalized spacial score (nSPS) is 18.5. The maximum Gasteiger partial charge on any atom is 0.247 e. The highest BCUT2D eigenvalue weighted by Gasteiger charge is 2.26. The van der Waals surface area contributed by atoms with Gasteiger partial charge in [-0.15, -0.1) is 11.3 Å². The summed E-state index contributed by atoms with van der Waals surface area (Å²) in [6, 6.07) is 1.88. The van der Waals surface area contributed by atoms with Gasteiger partial charge in [0.05, 0.1) is 0 Å². The molecule has 0 unspecified atom stereocenters. The van der Waals surface area contributed by atoms with Crippen molar-refractivity contribution in [2.45, 2.75) is 29.4 Å². The first-order valence-electron chi connectivity index (χ1n) is 4.19. The SMILES string of the molecule is NS(=O)(=O)c1sccc1C1CCC1. The van der Waals surface area contributed by atoms with Crippen molar-refractivity contribution in [1.29, 1.82) is 0 Å². The molecule has 1 saturated carbocycles. The van der Waals surface area contributed by atoms with E-state index in [1.54, 1.807) is 5.38 Å². The first kappa shape index (κ1) is 9.18. The van der Waals surface area contributed by atoms with Gasteiger partial charge in [0.15, 0.2) is 0 Å². The third-order valence-corrected chi connectivity index (χ3v) is 4.92. The van der Waals surface area contributed by atoms with Gasteiger partial charge in [-0.05, 0) is 35.8 Å². The molecule has 1 fully saturated rings. The van der Waals surface area contributed by atoms with Crippen LogP contribution in [-0.2, 0) is 10.0 Å². The number of hydrogen-bond donors (Lipinski definition) is 1. The molecule has 2 rings (SSSR count). The Morgan fingerprint density at radius 3 is 2.62 bits per heavy atom. The fraction of sp³-hybridized carbons (Fsp3) is 0.500. The molecule has 0 saturated heterocycles. The van der Waals surface area contributed by atoms with Crippen LogP contribution in [-0.4, -0.2) is 8.42 Å². The van der Waals surface area contributed by atoms with Crippen LogP contribution in [0.2, 0.25) is 0 Å². The predicted octanol–water partition coefficient (Wildman–Crippen LogP) is 1.66. The highest BCUT2D eigenvalue weighted by molar-refractivity contribution is 7.91. The fourth-order valence-corrected chi connectivity index (χ4v) is 3.53. The lowest BCUT2D eigenvalue weighted by atomic mass is 9.81. The first-order valence-corrected chi connectivity index (χ1v) is 6.62. The van der Waals surface area contributed by atoms with Crippen molar-refractivity contribution in [2.24, 2.45) is 5.14 Å². The summed E-state index contributed by atoms with van der Waals surface area (Å²) in [5.41, 5.74) is 0.929. The Morgan fingerprint density at radius 1 is 1.46 bits per heavy atom. The summed E-state index contributed by atoms with van der Waals surface area (Å²) in [6.45, 7) is 0. The van der Waals surface area contributed by atoms with Gasteiger partial charge in [-0.1, -0.05) is 6.42 Å². The number of thiophene rings is 1. The molecule has 1 aromatic heterocycles. The zero-order chi connectivity index (χ0) is 9.47. The Labute approximate surface area is 81.6 Å². The van der Waals surface area contributed by atoms with Crippen LogP contribution in [0.25, 0.3) is 0 Å². The monoisotopic (exact) mass is 217 g/mol. The molecule has 1 aliphatic rings. The molecule has 0 amide bonds. The number of sulfonamides is 1. The molecule has 0 bridgehead atoms. The third kappa shape index (κ3) is 1.63. The molecule has 0 aromatic carbocycles. The van der Waals surface area contributed by atoms with Crippen LogP contribution in [0, 0.1) is 0 Å². The molecule has 0 spiro atoms. The molecular weight excluding hydrogens is 206 g/mol. The van der Waals surface area contributed by atoms with Crippen molar-refractivity contribution in [3.05, 3.63) is 17.0 Å². The molecule has 72 valence electrons. The van der Waals surface area contributed by atoms with Crippen LogP contribution in [0.15, 0.2) is 15.7 Å². The van der Waals surface area contributed by atoms with Gasteiger partial charge in [0.25, 0.3) is 0 Å². The van der Waals surface area contributed by atoms with Gasteiger partial charge in [-0.2, -0.15) is 0 Å². The van der Waals surface area contributed by atoms with E-state index in [1.807, 2.05) is 6.07 Å². The smallest absolute Gasteiger partial charge is 0.224 e. The van der Waals surface area contributed by atoms with Crippen LogP contribution < -0.4 is 5.14 Å². The van der Waals surface area contributed by atoms with Crippen LogP contribution >= 0.6 is 11.3 Å². The molecule has 3 nitrogen and oxygen atoms in total. The molecule has 0 aliphatic heterocycles. The van der Waals surface area contributed by atoms with E-state index in [0.29, 0.717) is 10.1 Å². The molecule has 5 heteroatoms. The number of primary sulfonamides is 1. The summed E-state index contributed by atoms with van der Waals surface area (Å²) in [5, 5.41) is 6.90. The standard InChI is InChI=1S/C8H11NO2S2/c9-13(10,11)8-7(4-5-12-8)6-2-1-3-6/h4-6H,1-3H2,(H2,9,10,11). The third-order valence-electron chi connectivity index (χ3n) is 2.46. The fourth-order valence-electron chi connectivity index (χ4n) is 1.56. The molecule has 13 heavy (non-hydrogen) atoms. The lowest BCUT2D eigenvalue weighted by molar-refractivity contribution is 0.415. The Bertz CT molecular complexity index is 404. The lowest BCUT2D eigenvalue weighted by Crippen LogP contribution is -2.16. The Hall–Kier alpha value is -0.390. The van der Waals surface area contributed by atoms with Crippen LogP contribution in [0.4, 0.5) is 0 Å². The van der Waals surface area contributed by atoms with Crippen LogP contribution in [0.3, 0.4) is 0 Å². The van der Waals surface area contributed by atoms with Gasteiger partial charge in [-0.3, -0.25) is 0 Å². The van der Waals surface area contributed by atoms with Gasteiger partial charge in [-0.25, -0.2) is 13.6 Å². The zero-order valence-electron chi connectivity index (χ0n) is 7.06. The first-order chi connectivity index (χ1) is 6.09. The summed E-state index contributed by atoms with van der Waals surface area (Å²) < 4.78 is 22.7. The van der Waals surface area contributed by atoms with Gasteiger partial charge >= 0.3 is 0 Å². The van der Waals surface area contributed by atoms with E-state index in [4.69, 9.17) is 5.14 Å². The van der Waals surface area contributed by atoms with Crippen molar-refractivity contribution in [3.8, 4) is 0 Å². The second kappa shape index (κ2) is 3.08. The molecular formula is C8H11NO2S2. The molecule has 1 aromatic rings. The summed E-state index contributed by atoms with van der Waals surface area (Å²) in [4.78, 5) is 0. The molecule has 1 aliphatic carbocycles. The number of hydrogen-bond acceptors (Lipinski definition) is 3. The minimum Gasteiger partial charge on any atom is -0.224 e. The van der Waals surface area contributed by atoms with Crippen molar-refractivity contribution < 1.29 is 8.42 Å². The average molecular weight is 217 g/mol. The van der Waals surface area contributed by atoms with E-state index in [9.17, 15) is 8.42 Å². The Morgan fingerprint density at radius 2 is 2.15 bits per heavy atom.